The molecule has 0 radical (unpaired) electrons. The van der Waals surface area contributed by atoms with E-state index in [1.54, 1.807) is 16.7 Å². The summed E-state index contributed by atoms with van der Waals surface area (Å²) in [6, 6.07) is 14.4. The van der Waals surface area contributed by atoms with Crippen molar-refractivity contribution >= 4 is 42.6 Å². The smallest absolute Gasteiger partial charge is 0.338 e. The van der Waals surface area contributed by atoms with Crippen LogP contribution < -0.4 is 0 Å². The van der Waals surface area contributed by atoms with Crippen LogP contribution in [-0.2, 0) is 37.7 Å². The highest BCUT2D eigenvalue weighted by atomic mass is 32.2. The standard InChI is InChI=1S/C26H23N3O7S2/c1-4-29-21-12-10-17(38(34,35)28(2)3)14-20(21)27-24(29)15-36-26(31)16-9-11-19-23(13-16)37(32,33)22-8-6-5-7-18(22)25(19)30/h5-14H,4,15H2,1-3H3. The van der Waals surface area contributed by atoms with Gasteiger partial charge >= 0.3 is 5.97 Å². The maximum Gasteiger partial charge on any atom is 0.338 e. The molecule has 12 heteroatoms. The Balaban J connectivity index is 1.43. The minimum Gasteiger partial charge on any atom is -0.454 e. The van der Waals surface area contributed by atoms with Crippen LogP contribution in [0.5, 0.6) is 0 Å². The van der Waals surface area contributed by atoms with Gasteiger partial charge in [0, 0.05) is 31.8 Å². The Morgan fingerprint density at radius 3 is 2.42 bits per heavy atom. The second-order valence-corrected chi connectivity index (χ2v) is 12.9. The number of fused-ring (bicyclic) bond motifs is 3. The van der Waals surface area contributed by atoms with E-state index in [0.29, 0.717) is 23.4 Å². The molecule has 0 atom stereocenters. The molecular formula is C26H23N3O7S2. The van der Waals surface area contributed by atoms with Gasteiger partial charge in [0.25, 0.3) is 0 Å². The van der Waals surface area contributed by atoms with Crippen molar-refractivity contribution < 1.29 is 31.2 Å². The lowest BCUT2D eigenvalue weighted by Gasteiger charge is -2.19. The summed E-state index contributed by atoms with van der Waals surface area (Å²) in [4.78, 5) is 29.9. The SMILES string of the molecule is CCn1c(COC(=O)c2ccc3c(c2)S(=O)(=O)c2ccccc2C3=O)nc2cc(S(=O)(=O)N(C)C)ccc21. The van der Waals surface area contributed by atoms with Crippen LogP contribution in [0, 0.1) is 0 Å². The van der Waals surface area contributed by atoms with E-state index in [1.807, 2.05) is 6.92 Å². The van der Waals surface area contributed by atoms with E-state index in [2.05, 4.69) is 4.98 Å². The number of aromatic nitrogens is 2. The van der Waals surface area contributed by atoms with Crippen LogP contribution in [-0.4, -0.2) is 56.5 Å². The van der Waals surface area contributed by atoms with Crippen LogP contribution in [0.2, 0.25) is 0 Å². The van der Waals surface area contributed by atoms with Gasteiger partial charge in [0.05, 0.1) is 31.3 Å². The molecule has 5 rings (SSSR count). The molecule has 38 heavy (non-hydrogen) atoms. The first-order valence-corrected chi connectivity index (χ1v) is 14.5. The molecule has 0 saturated carbocycles. The topological polar surface area (TPSA) is 133 Å². The Morgan fingerprint density at radius 2 is 1.71 bits per heavy atom. The maximum absolute atomic E-state index is 13.2. The minimum atomic E-state index is -4.01. The highest BCUT2D eigenvalue weighted by Gasteiger charge is 2.35. The zero-order valence-electron chi connectivity index (χ0n) is 20.7. The highest BCUT2D eigenvalue weighted by Crippen LogP contribution is 2.35. The third-order valence-corrected chi connectivity index (χ3v) is 10.1. The number of ketones is 1. The van der Waals surface area contributed by atoms with Crippen molar-refractivity contribution in [3.8, 4) is 0 Å². The first-order valence-electron chi connectivity index (χ1n) is 11.6. The van der Waals surface area contributed by atoms with Crippen LogP contribution in [0.3, 0.4) is 0 Å². The van der Waals surface area contributed by atoms with Crippen LogP contribution in [0.15, 0.2) is 75.4 Å². The Morgan fingerprint density at radius 1 is 1.00 bits per heavy atom. The number of benzene rings is 3. The number of hydrogen-bond acceptors (Lipinski definition) is 8. The van der Waals surface area contributed by atoms with E-state index in [0.717, 1.165) is 10.4 Å². The zero-order chi connectivity index (χ0) is 27.4. The van der Waals surface area contributed by atoms with E-state index < -0.39 is 31.6 Å². The summed E-state index contributed by atoms with van der Waals surface area (Å²) in [5.41, 5.74) is 1.16. The monoisotopic (exact) mass is 553 g/mol. The first kappa shape index (κ1) is 25.8. The lowest BCUT2D eigenvalue weighted by molar-refractivity contribution is 0.0458. The van der Waals surface area contributed by atoms with Crippen molar-refractivity contribution in [2.24, 2.45) is 0 Å². The number of nitrogens with zero attached hydrogens (tertiary/aromatic N) is 3. The second-order valence-electron chi connectivity index (χ2n) is 8.83. The second kappa shape index (κ2) is 9.15. The van der Waals surface area contributed by atoms with E-state index in [9.17, 15) is 26.4 Å². The van der Waals surface area contributed by atoms with Crippen LogP contribution in [0.4, 0.5) is 0 Å². The Labute approximate surface area is 219 Å². The molecule has 0 saturated heterocycles. The van der Waals surface area contributed by atoms with E-state index in [4.69, 9.17) is 4.74 Å². The van der Waals surface area contributed by atoms with Gasteiger partial charge in [-0.05, 0) is 55.5 Å². The maximum atomic E-state index is 13.2. The quantitative estimate of drug-likeness (QED) is 0.293. The third-order valence-electron chi connectivity index (χ3n) is 6.40. The summed E-state index contributed by atoms with van der Waals surface area (Å²) < 4.78 is 59.7. The predicted molar refractivity (Wildman–Crippen MR) is 137 cm³/mol. The average molecular weight is 554 g/mol. The number of hydrogen-bond donors (Lipinski definition) is 0. The van der Waals surface area contributed by atoms with Gasteiger partial charge in [-0.1, -0.05) is 12.1 Å². The number of carbonyl (C=O) groups excluding carboxylic acids is 2. The van der Waals surface area contributed by atoms with E-state index >= 15 is 0 Å². The molecule has 1 aliphatic heterocycles. The normalized spacial score (nSPS) is 14.4. The summed E-state index contributed by atoms with van der Waals surface area (Å²) in [6.45, 7) is 2.13. The molecule has 10 nitrogen and oxygen atoms in total. The largest absolute Gasteiger partial charge is 0.454 e. The van der Waals surface area contributed by atoms with Crippen molar-refractivity contribution in [3.05, 3.63) is 83.2 Å². The van der Waals surface area contributed by atoms with Gasteiger partial charge in [-0.3, -0.25) is 4.79 Å². The molecule has 0 unspecified atom stereocenters. The summed E-state index contributed by atoms with van der Waals surface area (Å²) >= 11 is 0. The molecule has 196 valence electrons. The number of sulfonamides is 1. The van der Waals surface area contributed by atoms with E-state index in [1.165, 1.54) is 56.6 Å². The Bertz CT molecular complexity index is 1860. The number of ether oxygens (including phenoxy) is 1. The third kappa shape index (κ3) is 4.01. The van der Waals surface area contributed by atoms with Crippen molar-refractivity contribution in [2.75, 3.05) is 14.1 Å². The fourth-order valence-corrected chi connectivity index (χ4v) is 7.02. The number of rotatable bonds is 6. The molecule has 2 heterocycles. The van der Waals surface area contributed by atoms with Crippen LogP contribution in [0.25, 0.3) is 11.0 Å². The summed E-state index contributed by atoms with van der Waals surface area (Å²) in [7, 11) is -4.78. The Hall–Kier alpha value is -3.87. The first-order chi connectivity index (χ1) is 18.0. The number of sulfone groups is 1. The van der Waals surface area contributed by atoms with Gasteiger partial charge in [0.2, 0.25) is 19.9 Å². The molecule has 0 N–H and O–H groups in total. The van der Waals surface area contributed by atoms with Gasteiger partial charge in [-0.2, -0.15) is 0 Å². The summed E-state index contributed by atoms with van der Waals surface area (Å²) in [5, 5.41) is 0. The molecule has 1 aliphatic rings. The van der Waals surface area contributed by atoms with Crippen LogP contribution >= 0.6 is 0 Å². The average Bonchev–Trinajstić information content (AvgIpc) is 3.27. The molecular weight excluding hydrogens is 530 g/mol. The fourth-order valence-electron chi connectivity index (χ4n) is 4.42. The van der Waals surface area contributed by atoms with Crippen molar-refractivity contribution in [1.82, 2.24) is 13.9 Å². The molecule has 0 fully saturated rings. The predicted octanol–water partition coefficient (Wildman–Crippen LogP) is 3.04. The number of imidazole rings is 1. The van der Waals surface area contributed by atoms with E-state index in [-0.39, 0.29) is 38.0 Å². The molecule has 1 aromatic heterocycles. The molecule has 0 aliphatic carbocycles. The molecule has 3 aromatic carbocycles. The number of carbonyl (C=O) groups is 2. The lowest BCUT2D eigenvalue weighted by atomic mass is 10.0. The van der Waals surface area contributed by atoms with Gasteiger partial charge < -0.3 is 9.30 Å². The minimum absolute atomic E-state index is 0.00323. The molecule has 0 spiro atoms. The van der Waals surface area contributed by atoms with Crippen molar-refractivity contribution in [1.29, 1.82) is 0 Å². The highest BCUT2D eigenvalue weighted by molar-refractivity contribution is 7.91. The Kier molecular flexibility index (Phi) is 6.21. The van der Waals surface area contributed by atoms with Gasteiger partial charge in [0.1, 0.15) is 12.4 Å². The van der Waals surface area contributed by atoms with Crippen molar-refractivity contribution in [2.45, 2.75) is 34.8 Å². The van der Waals surface area contributed by atoms with Gasteiger partial charge in [-0.15, -0.1) is 0 Å². The molecule has 4 aromatic rings. The summed E-state index contributed by atoms with van der Waals surface area (Å²) in [5.74, 6) is -0.831. The van der Waals surface area contributed by atoms with Gasteiger partial charge in [-0.25, -0.2) is 30.9 Å². The number of aryl methyl sites for hydroxylation is 1. The summed E-state index contributed by atoms with van der Waals surface area (Å²) in [6.07, 6.45) is 0. The molecule has 0 amide bonds. The van der Waals surface area contributed by atoms with Crippen molar-refractivity contribution in [3.63, 3.8) is 0 Å². The molecule has 0 bridgehead atoms. The fraction of sp³-hybridized carbons (Fsp3) is 0.192. The zero-order valence-corrected chi connectivity index (χ0v) is 22.3. The van der Waals surface area contributed by atoms with Gasteiger partial charge in [0.15, 0.2) is 5.78 Å². The number of esters is 1. The van der Waals surface area contributed by atoms with Crippen LogP contribution in [0.1, 0.15) is 39.0 Å². The lowest BCUT2D eigenvalue weighted by Crippen LogP contribution is -2.22.